The van der Waals surface area contributed by atoms with Crippen LogP contribution in [0.15, 0.2) is 0 Å². The van der Waals surface area contributed by atoms with E-state index in [0.717, 1.165) is 19.3 Å². The molecule has 1 rings (SSSR count). The number of carboxylic acids is 1. The SMILES string of the molecule is CC(CCNC(=O)N(C)C1CCCC(C)C1)CCC(=O)O. The van der Waals surface area contributed by atoms with Crippen molar-refractivity contribution in [3.8, 4) is 0 Å². The van der Waals surface area contributed by atoms with Crippen molar-refractivity contribution in [3.63, 3.8) is 0 Å². The molecule has 0 aliphatic heterocycles. The van der Waals surface area contributed by atoms with Gasteiger partial charge in [-0.15, -0.1) is 0 Å². The maximum atomic E-state index is 12.1. The zero-order valence-corrected chi connectivity index (χ0v) is 13.6. The van der Waals surface area contributed by atoms with Crippen molar-refractivity contribution in [3.05, 3.63) is 0 Å². The average Bonchev–Trinajstić information content (AvgIpc) is 2.44. The molecule has 0 saturated heterocycles. The van der Waals surface area contributed by atoms with E-state index >= 15 is 0 Å². The van der Waals surface area contributed by atoms with Gasteiger partial charge in [-0.1, -0.05) is 26.7 Å². The van der Waals surface area contributed by atoms with Gasteiger partial charge in [0.1, 0.15) is 0 Å². The fraction of sp³-hybridized carbons (Fsp3) is 0.875. The fourth-order valence-electron chi connectivity index (χ4n) is 2.98. The number of rotatable bonds is 7. The van der Waals surface area contributed by atoms with Crippen LogP contribution in [0.25, 0.3) is 0 Å². The summed E-state index contributed by atoms with van der Waals surface area (Å²) in [7, 11) is 1.88. The zero-order chi connectivity index (χ0) is 15.8. The standard InChI is InChI=1S/C16H30N2O3/c1-12(7-8-15(19)20)9-10-17-16(21)18(3)14-6-4-5-13(2)11-14/h12-14H,4-11H2,1-3H3,(H,17,21)(H,19,20). The molecule has 0 aromatic rings. The zero-order valence-electron chi connectivity index (χ0n) is 13.6. The van der Waals surface area contributed by atoms with Gasteiger partial charge in [0.2, 0.25) is 0 Å². The van der Waals surface area contributed by atoms with Crippen molar-refractivity contribution < 1.29 is 14.7 Å². The van der Waals surface area contributed by atoms with Crippen LogP contribution in [0, 0.1) is 11.8 Å². The van der Waals surface area contributed by atoms with Gasteiger partial charge in [-0.25, -0.2) is 4.79 Å². The Morgan fingerprint density at radius 3 is 2.67 bits per heavy atom. The maximum Gasteiger partial charge on any atom is 0.317 e. The van der Waals surface area contributed by atoms with Gasteiger partial charge in [0.05, 0.1) is 0 Å². The Morgan fingerprint density at radius 1 is 1.33 bits per heavy atom. The lowest BCUT2D eigenvalue weighted by molar-refractivity contribution is -0.137. The van der Waals surface area contributed by atoms with E-state index in [0.29, 0.717) is 30.8 Å². The quantitative estimate of drug-likeness (QED) is 0.759. The Morgan fingerprint density at radius 2 is 2.05 bits per heavy atom. The molecule has 0 bridgehead atoms. The summed E-state index contributed by atoms with van der Waals surface area (Å²) in [5, 5.41) is 11.6. The second-order valence-electron chi connectivity index (χ2n) is 6.59. The van der Waals surface area contributed by atoms with Gasteiger partial charge in [0.15, 0.2) is 0 Å². The van der Waals surface area contributed by atoms with Gasteiger partial charge in [-0.3, -0.25) is 4.79 Å². The molecule has 1 aliphatic carbocycles. The normalized spacial score (nSPS) is 23.4. The van der Waals surface area contributed by atoms with Crippen LogP contribution in [0.4, 0.5) is 4.79 Å². The molecule has 122 valence electrons. The van der Waals surface area contributed by atoms with Gasteiger partial charge in [-0.2, -0.15) is 0 Å². The van der Waals surface area contributed by atoms with Gasteiger partial charge in [0.25, 0.3) is 0 Å². The monoisotopic (exact) mass is 298 g/mol. The van der Waals surface area contributed by atoms with E-state index < -0.39 is 5.97 Å². The van der Waals surface area contributed by atoms with Gasteiger partial charge < -0.3 is 15.3 Å². The van der Waals surface area contributed by atoms with Crippen LogP contribution in [-0.4, -0.2) is 41.6 Å². The third-order valence-corrected chi connectivity index (χ3v) is 4.54. The number of urea groups is 1. The fourth-order valence-corrected chi connectivity index (χ4v) is 2.98. The van der Waals surface area contributed by atoms with E-state index in [1.54, 1.807) is 0 Å². The lowest BCUT2D eigenvalue weighted by atomic mass is 9.86. The van der Waals surface area contributed by atoms with E-state index in [4.69, 9.17) is 5.11 Å². The number of amides is 2. The number of carbonyl (C=O) groups excluding carboxylic acids is 1. The summed E-state index contributed by atoms with van der Waals surface area (Å²) in [4.78, 5) is 24.5. The minimum absolute atomic E-state index is 0.000431. The molecule has 0 aromatic heterocycles. The summed E-state index contributed by atoms with van der Waals surface area (Å²) in [5.41, 5.74) is 0. The molecule has 5 heteroatoms. The molecule has 0 aromatic carbocycles. The minimum atomic E-state index is -0.753. The largest absolute Gasteiger partial charge is 0.481 e. The van der Waals surface area contributed by atoms with Crippen molar-refractivity contribution in [1.29, 1.82) is 0 Å². The smallest absolute Gasteiger partial charge is 0.317 e. The van der Waals surface area contributed by atoms with Gasteiger partial charge >= 0.3 is 12.0 Å². The molecule has 3 atom stereocenters. The van der Waals surface area contributed by atoms with Crippen LogP contribution >= 0.6 is 0 Å². The molecule has 0 heterocycles. The predicted octanol–water partition coefficient (Wildman–Crippen LogP) is 3.10. The first kappa shape index (κ1) is 17.8. The lowest BCUT2D eigenvalue weighted by Crippen LogP contribution is -2.45. The Hall–Kier alpha value is -1.26. The number of nitrogens with one attached hydrogen (secondary N) is 1. The Bertz CT molecular complexity index is 346. The number of carboxylic acid groups (broad SMARTS) is 1. The summed E-state index contributed by atoms with van der Waals surface area (Å²) in [5.74, 6) is 0.272. The Kier molecular flexibility index (Phi) is 7.54. The topological polar surface area (TPSA) is 69.6 Å². The average molecular weight is 298 g/mol. The molecular formula is C16H30N2O3. The van der Waals surface area contributed by atoms with Crippen molar-refractivity contribution in [2.24, 2.45) is 11.8 Å². The highest BCUT2D eigenvalue weighted by atomic mass is 16.4. The molecule has 0 spiro atoms. The van der Waals surface area contributed by atoms with E-state index in [2.05, 4.69) is 12.2 Å². The molecule has 1 saturated carbocycles. The highest BCUT2D eigenvalue weighted by Gasteiger charge is 2.25. The first-order valence-electron chi connectivity index (χ1n) is 8.12. The first-order valence-corrected chi connectivity index (χ1v) is 8.12. The lowest BCUT2D eigenvalue weighted by Gasteiger charge is -2.34. The summed E-state index contributed by atoms with van der Waals surface area (Å²) < 4.78 is 0. The molecule has 21 heavy (non-hydrogen) atoms. The van der Waals surface area contributed by atoms with Gasteiger partial charge in [-0.05, 0) is 37.5 Å². The summed E-state index contributed by atoms with van der Waals surface area (Å²) in [6.45, 7) is 4.90. The second-order valence-corrected chi connectivity index (χ2v) is 6.59. The van der Waals surface area contributed by atoms with E-state index in [-0.39, 0.29) is 12.5 Å². The molecule has 2 N–H and O–H groups in total. The third-order valence-electron chi connectivity index (χ3n) is 4.54. The molecule has 5 nitrogen and oxygen atoms in total. The summed E-state index contributed by atoms with van der Waals surface area (Å²) >= 11 is 0. The van der Waals surface area contributed by atoms with Crippen LogP contribution in [0.3, 0.4) is 0 Å². The number of nitrogens with zero attached hydrogens (tertiary/aromatic N) is 1. The molecule has 3 unspecified atom stereocenters. The summed E-state index contributed by atoms with van der Waals surface area (Å²) in [6, 6.07) is 0.359. The van der Waals surface area contributed by atoms with Gasteiger partial charge in [0, 0.05) is 26.1 Å². The van der Waals surface area contributed by atoms with E-state index in [1.165, 1.54) is 12.8 Å². The van der Waals surface area contributed by atoms with Crippen molar-refractivity contribution in [2.45, 2.75) is 64.8 Å². The molecular weight excluding hydrogens is 268 g/mol. The van der Waals surface area contributed by atoms with Crippen LogP contribution in [0.5, 0.6) is 0 Å². The van der Waals surface area contributed by atoms with Crippen molar-refractivity contribution in [1.82, 2.24) is 10.2 Å². The van der Waals surface area contributed by atoms with Crippen molar-refractivity contribution in [2.75, 3.05) is 13.6 Å². The summed E-state index contributed by atoms with van der Waals surface area (Å²) in [6.07, 6.45) is 6.37. The molecule has 0 radical (unpaired) electrons. The molecule has 2 amide bonds. The number of hydrogen-bond donors (Lipinski definition) is 2. The van der Waals surface area contributed by atoms with Crippen LogP contribution in [-0.2, 0) is 4.79 Å². The number of carbonyl (C=O) groups is 2. The number of hydrogen-bond acceptors (Lipinski definition) is 2. The Balaban J connectivity index is 2.21. The van der Waals surface area contributed by atoms with Crippen LogP contribution < -0.4 is 5.32 Å². The van der Waals surface area contributed by atoms with E-state index in [9.17, 15) is 9.59 Å². The van der Waals surface area contributed by atoms with E-state index in [1.807, 2.05) is 18.9 Å². The second kappa shape index (κ2) is 8.90. The third kappa shape index (κ3) is 6.82. The van der Waals surface area contributed by atoms with Crippen molar-refractivity contribution >= 4 is 12.0 Å². The van der Waals surface area contributed by atoms with Crippen LogP contribution in [0.2, 0.25) is 0 Å². The number of aliphatic carboxylic acids is 1. The highest BCUT2D eigenvalue weighted by Crippen LogP contribution is 2.26. The molecule has 1 fully saturated rings. The Labute approximate surface area is 128 Å². The minimum Gasteiger partial charge on any atom is -0.481 e. The highest BCUT2D eigenvalue weighted by molar-refractivity contribution is 5.74. The molecule has 1 aliphatic rings. The van der Waals surface area contributed by atoms with Crippen LogP contribution in [0.1, 0.15) is 58.8 Å². The first-order chi connectivity index (χ1) is 9.90. The maximum absolute atomic E-state index is 12.1. The predicted molar refractivity (Wildman–Crippen MR) is 83.2 cm³/mol.